The number of hydrogen-bond donors (Lipinski definition) is 0. The van der Waals surface area contributed by atoms with Crippen LogP contribution in [0.2, 0.25) is 0 Å². The summed E-state index contributed by atoms with van der Waals surface area (Å²) >= 11 is 6.18. The molecule has 0 bridgehead atoms. The summed E-state index contributed by atoms with van der Waals surface area (Å²) in [6.45, 7) is 7.83. The van der Waals surface area contributed by atoms with E-state index < -0.39 is 11.6 Å². The Balaban J connectivity index is 2.84. The van der Waals surface area contributed by atoms with Gasteiger partial charge in [0.15, 0.2) is 11.6 Å². The summed E-state index contributed by atoms with van der Waals surface area (Å²) in [4.78, 5) is 4.39. The molecule has 110 valence electrons. The predicted octanol–water partition coefficient (Wildman–Crippen LogP) is 5.15. The number of benzene rings is 1. The van der Waals surface area contributed by atoms with E-state index in [4.69, 9.17) is 11.6 Å². The zero-order valence-electron chi connectivity index (χ0n) is 12.2. The molecule has 0 radical (unpaired) electrons. The van der Waals surface area contributed by atoms with E-state index in [0.717, 1.165) is 18.9 Å². The fourth-order valence-corrected chi connectivity index (χ4v) is 2.87. The first-order valence-electron chi connectivity index (χ1n) is 6.80. The van der Waals surface area contributed by atoms with Crippen LogP contribution in [0.3, 0.4) is 0 Å². The lowest BCUT2D eigenvalue weighted by atomic mass is 9.97. The van der Waals surface area contributed by atoms with Gasteiger partial charge in [-0.25, -0.2) is 13.8 Å². The Bertz CT molecular complexity index is 632. The van der Waals surface area contributed by atoms with Crippen LogP contribution in [0.4, 0.5) is 8.78 Å². The molecule has 2 aromatic rings. The lowest BCUT2D eigenvalue weighted by Gasteiger charge is -2.30. The molecule has 1 unspecified atom stereocenters. The third kappa shape index (κ3) is 2.41. The molecule has 1 atom stereocenters. The Labute approximate surface area is 122 Å². The van der Waals surface area contributed by atoms with E-state index in [1.165, 1.54) is 6.07 Å². The molecule has 1 aromatic carbocycles. The number of aromatic nitrogens is 2. The van der Waals surface area contributed by atoms with Crippen LogP contribution in [0.15, 0.2) is 12.1 Å². The van der Waals surface area contributed by atoms with Gasteiger partial charge >= 0.3 is 0 Å². The van der Waals surface area contributed by atoms with E-state index >= 15 is 0 Å². The standard InChI is InChI=1S/C15H19ClF2N2/c1-5-8-15(3,4)20-13-11(19-14(20)9(2)16)7-6-10(17)12(13)18/h6-7,9H,5,8H2,1-4H3. The van der Waals surface area contributed by atoms with Gasteiger partial charge in [-0.15, -0.1) is 11.6 Å². The number of hydrogen-bond acceptors (Lipinski definition) is 1. The Hall–Kier alpha value is -1.16. The molecular formula is C15H19ClF2N2. The molecule has 0 saturated carbocycles. The van der Waals surface area contributed by atoms with Crippen LogP contribution in [0.5, 0.6) is 0 Å². The minimum atomic E-state index is -0.861. The van der Waals surface area contributed by atoms with E-state index in [1.54, 1.807) is 11.5 Å². The molecule has 0 spiro atoms. The Morgan fingerprint density at radius 1 is 1.35 bits per heavy atom. The second-order valence-electron chi connectivity index (χ2n) is 5.71. The van der Waals surface area contributed by atoms with Crippen LogP contribution in [0.1, 0.15) is 51.7 Å². The molecule has 2 nitrogen and oxygen atoms in total. The summed E-state index contributed by atoms with van der Waals surface area (Å²) in [5.74, 6) is -1.15. The van der Waals surface area contributed by atoms with Gasteiger partial charge < -0.3 is 4.57 Å². The van der Waals surface area contributed by atoms with Crippen molar-refractivity contribution in [2.45, 2.75) is 51.5 Å². The number of rotatable bonds is 4. The van der Waals surface area contributed by atoms with Crippen molar-refractivity contribution in [1.29, 1.82) is 0 Å². The minimum Gasteiger partial charge on any atom is -0.319 e. The second-order valence-corrected chi connectivity index (χ2v) is 6.37. The smallest absolute Gasteiger partial charge is 0.184 e. The summed E-state index contributed by atoms with van der Waals surface area (Å²) in [5, 5.41) is -0.374. The normalized spacial score (nSPS) is 13.9. The number of fused-ring (bicyclic) bond motifs is 1. The molecule has 20 heavy (non-hydrogen) atoms. The van der Waals surface area contributed by atoms with Gasteiger partial charge in [-0.2, -0.15) is 0 Å². The van der Waals surface area contributed by atoms with Crippen LogP contribution in [0.25, 0.3) is 11.0 Å². The van der Waals surface area contributed by atoms with Crippen LogP contribution in [-0.2, 0) is 5.54 Å². The Morgan fingerprint density at radius 2 is 2.00 bits per heavy atom. The topological polar surface area (TPSA) is 17.8 Å². The first kappa shape index (κ1) is 15.2. The highest BCUT2D eigenvalue weighted by Crippen LogP contribution is 2.34. The maximum Gasteiger partial charge on any atom is 0.184 e. The molecule has 1 aromatic heterocycles. The first-order chi connectivity index (χ1) is 9.29. The first-order valence-corrected chi connectivity index (χ1v) is 7.24. The molecular weight excluding hydrogens is 282 g/mol. The van der Waals surface area contributed by atoms with E-state index in [9.17, 15) is 8.78 Å². The fourth-order valence-electron chi connectivity index (χ4n) is 2.72. The molecule has 1 heterocycles. The van der Waals surface area contributed by atoms with Crippen molar-refractivity contribution >= 4 is 22.6 Å². The average Bonchev–Trinajstić information content (AvgIpc) is 2.75. The van der Waals surface area contributed by atoms with Crippen molar-refractivity contribution in [2.24, 2.45) is 0 Å². The Morgan fingerprint density at radius 3 is 2.55 bits per heavy atom. The summed E-state index contributed by atoms with van der Waals surface area (Å²) in [7, 11) is 0. The van der Waals surface area contributed by atoms with Crippen molar-refractivity contribution in [2.75, 3.05) is 0 Å². The number of halogens is 3. The van der Waals surface area contributed by atoms with Crippen molar-refractivity contribution in [3.8, 4) is 0 Å². The van der Waals surface area contributed by atoms with E-state index in [1.807, 2.05) is 13.8 Å². The molecule has 5 heteroatoms. The maximum atomic E-state index is 14.2. The summed E-state index contributed by atoms with van der Waals surface area (Å²) in [5.41, 5.74) is 0.262. The molecule has 0 fully saturated rings. The molecule has 0 N–H and O–H groups in total. The largest absolute Gasteiger partial charge is 0.319 e. The molecule has 0 aliphatic heterocycles. The zero-order chi connectivity index (χ0) is 15.1. The fraction of sp³-hybridized carbons (Fsp3) is 0.533. The summed E-state index contributed by atoms with van der Waals surface area (Å²) in [6.07, 6.45) is 1.75. The van der Waals surface area contributed by atoms with Gasteiger partial charge in [0.05, 0.1) is 10.9 Å². The predicted molar refractivity (Wildman–Crippen MR) is 78.1 cm³/mol. The van der Waals surface area contributed by atoms with Gasteiger partial charge in [-0.1, -0.05) is 13.3 Å². The summed E-state index contributed by atoms with van der Waals surface area (Å²) in [6, 6.07) is 2.60. The Kier molecular flexibility index (Phi) is 4.05. The molecule has 0 aliphatic rings. The van der Waals surface area contributed by atoms with Crippen LogP contribution in [0, 0.1) is 11.6 Å². The second kappa shape index (κ2) is 5.32. The SMILES string of the molecule is CCCC(C)(C)n1c(C(C)Cl)nc2ccc(F)c(F)c21. The van der Waals surface area contributed by atoms with Gasteiger partial charge in [0.2, 0.25) is 0 Å². The van der Waals surface area contributed by atoms with Crippen LogP contribution in [-0.4, -0.2) is 9.55 Å². The monoisotopic (exact) mass is 300 g/mol. The van der Waals surface area contributed by atoms with Crippen molar-refractivity contribution in [3.05, 3.63) is 29.6 Å². The van der Waals surface area contributed by atoms with Gasteiger partial charge in [0, 0.05) is 5.54 Å². The van der Waals surface area contributed by atoms with Gasteiger partial charge in [-0.3, -0.25) is 0 Å². The number of nitrogens with zero attached hydrogens (tertiary/aromatic N) is 2. The van der Waals surface area contributed by atoms with Crippen molar-refractivity contribution in [1.82, 2.24) is 9.55 Å². The molecule has 0 saturated heterocycles. The van der Waals surface area contributed by atoms with Gasteiger partial charge in [0.25, 0.3) is 0 Å². The van der Waals surface area contributed by atoms with E-state index in [-0.39, 0.29) is 16.4 Å². The third-order valence-electron chi connectivity index (χ3n) is 3.56. The van der Waals surface area contributed by atoms with Crippen LogP contribution < -0.4 is 0 Å². The summed E-state index contributed by atoms with van der Waals surface area (Å²) < 4.78 is 29.5. The minimum absolute atomic E-state index is 0.200. The number of imidazole rings is 1. The lowest BCUT2D eigenvalue weighted by Crippen LogP contribution is -2.28. The number of alkyl halides is 1. The van der Waals surface area contributed by atoms with E-state index in [2.05, 4.69) is 11.9 Å². The van der Waals surface area contributed by atoms with Gasteiger partial charge in [0.1, 0.15) is 11.3 Å². The highest BCUT2D eigenvalue weighted by atomic mass is 35.5. The highest BCUT2D eigenvalue weighted by Gasteiger charge is 2.29. The zero-order valence-corrected chi connectivity index (χ0v) is 12.9. The molecule has 2 rings (SSSR count). The van der Waals surface area contributed by atoms with Crippen molar-refractivity contribution in [3.63, 3.8) is 0 Å². The van der Waals surface area contributed by atoms with Crippen molar-refractivity contribution < 1.29 is 8.78 Å². The molecule has 0 aliphatic carbocycles. The third-order valence-corrected chi connectivity index (χ3v) is 3.75. The van der Waals surface area contributed by atoms with Gasteiger partial charge in [-0.05, 0) is 39.3 Å². The quantitative estimate of drug-likeness (QED) is 0.714. The highest BCUT2D eigenvalue weighted by molar-refractivity contribution is 6.20. The lowest BCUT2D eigenvalue weighted by molar-refractivity contribution is 0.320. The van der Waals surface area contributed by atoms with E-state index in [0.29, 0.717) is 11.3 Å². The maximum absolute atomic E-state index is 14.2. The average molecular weight is 301 g/mol. The molecule has 0 amide bonds. The van der Waals surface area contributed by atoms with Crippen LogP contribution >= 0.6 is 11.6 Å².